The zero-order valence-electron chi connectivity index (χ0n) is 12.1. The maximum Gasteiger partial charge on any atom is 0.371 e. The average molecular weight is 286 g/mol. The van der Waals surface area contributed by atoms with Gasteiger partial charge in [-0.05, 0) is 38.1 Å². The number of carboxylic acids is 1. The van der Waals surface area contributed by atoms with E-state index in [1.54, 1.807) is 6.07 Å². The van der Waals surface area contributed by atoms with Crippen molar-refractivity contribution in [3.63, 3.8) is 0 Å². The molecule has 5 heteroatoms. The summed E-state index contributed by atoms with van der Waals surface area (Å²) in [4.78, 5) is 13.1. The molecule has 2 aromatic rings. The van der Waals surface area contributed by atoms with Crippen molar-refractivity contribution in [1.82, 2.24) is 0 Å². The second-order valence-electron chi connectivity index (χ2n) is 5.95. The minimum atomic E-state index is -1.04. The predicted molar refractivity (Wildman–Crippen MR) is 80.9 cm³/mol. The molecule has 0 saturated carbocycles. The Morgan fingerprint density at radius 2 is 2.10 bits per heavy atom. The van der Waals surface area contributed by atoms with E-state index in [0.29, 0.717) is 12.3 Å². The molecule has 0 unspecified atom stereocenters. The molecule has 110 valence electrons. The highest BCUT2D eigenvalue weighted by Crippen LogP contribution is 2.35. The Morgan fingerprint density at radius 1 is 1.33 bits per heavy atom. The minimum Gasteiger partial charge on any atom is -0.475 e. The van der Waals surface area contributed by atoms with Crippen molar-refractivity contribution in [1.29, 1.82) is 0 Å². The smallest absolute Gasteiger partial charge is 0.371 e. The summed E-state index contributed by atoms with van der Waals surface area (Å²) in [6, 6.07) is 11.3. The quantitative estimate of drug-likeness (QED) is 0.907. The van der Waals surface area contributed by atoms with E-state index in [2.05, 4.69) is 30.1 Å². The minimum absolute atomic E-state index is 0.0207. The third kappa shape index (κ3) is 2.72. The van der Waals surface area contributed by atoms with E-state index in [-0.39, 0.29) is 11.3 Å². The zero-order chi connectivity index (χ0) is 15.0. The van der Waals surface area contributed by atoms with Crippen LogP contribution in [0.5, 0.6) is 0 Å². The predicted octanol–water partition coefficient (Wildman–Crippen LogP) is 3.19. The van der Waals surface area contributed by atoms with Crippen LogP contribution < -0.4 is 10.2 Å². The lowest BCUT2D eigenvalue weighted by atomic mass is 9.99. The lowest BCUT2D eigenvalue weighted by Crippen LogP contribution is -2.48. The van der Waals surface area contributed by atoms with E-state index in [9.17, 15) is 4.79 Å². The van der Waals surface area contributed by atoms with Crippen LogP contribution in [0.3, 0.4) is 0 Å². The molecule has 1 aromatic carbocycles. The Morgan fingerprint density at radius 3 is 2.81 bits per heavy atom. The Hall–Kier alpha value is -2.43. The van der Waals surface area contributed by atoms with Crippen LogP contribution in [0.15, 0.2) is 40.8 Å². The van der Waals surface area contributed by atoms with E-state index in [0.717, 1.165) is 17.9 Å². The standard InChI is InChI=1S/C16H18N2O3/c1-16(2)10-18(13-6-4-3-5-12(13)17-16)9-11-7-8-14(21-11)15(19)20/h3-8,17H,9-10H2,1-2H3,(H,19,20). The van der Waals surface area contributed by atoms with Crippen molar-refractivity contribution in [2.45, 2.75) is 25.9 Å². The highest BCUT2D eigenvalue weighted by atomic mass is 16.4. The van der Waals surface area contributed by atoms with Gasteiger partial charge in [0.2, 0.25) is 5.76 Å². The summed E-state index contributed by atoms with van der Waals surface area (Å²) in [5.74, 6) is -0.408. The van der Waals surface area contributed by atoms with Crippen LogP contribution in [0.25, 0.3) is 0 Å². The number of carbonyl (C=O) groups is 1. The Bertz CT molecular complexity index is 676. The van der Waals surface area contributed by atoms with Gasteiger partial charge in [-0.2, -0.15) is 0 Å². The summed E-state index contributed by atoms with van der Waals surface area (Å²) in [7, 11) is 0. The molecule has 0 aliphatic carbocycles. The van der Waals surface area contributed by atoms with E-state index in [4.69, 9.17) is 9.52 Å². The Balaban J connectivity index is 1.88. The molecule has 0 spiro atoms. The van der Waals surface area contributed by atoms with Crippen LogP contribution in [-0.4, -0.2) is 23.2 Å². The summed E-state index contributed by atoms with van der Waals surface area (Å²) in [5, 5.41) is 12.4. The number of hydrogen-bond donors (Lipinski definition) is 2. The van der Waals surface area contributed by atoms with Gasteiger partial charge in [0.15, 0.2) is 0 Å². The van der Waals surface area contributed by atoms with Gasteiger partial charge in [-0.3, -0.25) is 0 Å². The number of nitrogens with zero attached hydrogens (tertiary/aromatic N) is 1. The molecule has 0 radical (unpaired) electrons. The Kier molecular flexibility index (Phi) is 3.12. The van der Waals surface area contributed by atoms with Crippen molar-refractivity contribution in [3.05, 3.63) is 47.9 Å². The molecule has 2 N–H and O–H groups in total. The molecule has 1 aliphatic heterocycles. The largest absolute Gasteiger partial charge is 0.475 e. The molecular formula is C16H18N2O3. The number of fused-ring (bicyclic) bond motifs is 1. The third-order valence-corrected chi connectivity index (χ3v) is 3.52. The van der Waals surface area contributed by atoms with Crippen molar-refractivity contribution in [2.24, 2.45) is 0 Å². The lowest BCUT2D eigenvalue weighted by molar-refractivity contribution is 0.0660. The van der Waals surface area contributed by atoms with Crippen LogP contribution in [0, 0.1) is 0 Å². The topological polar surface area (TPSA) is 65.7 Å². The highest BCUT2D eigenvalue weighted by molar-refractivity contribution is 5.84. The van der Waals surface area contributed by atoms with Crippen molar-refractivity contribution in [2.75, 3.05) is 16.8 Å². The van der Waals surface area contributed by atoms with E-state index < -0.39 is 5.97 Å². The van der Waals surface area contributed by atoms with Crippen LogP contribution in [-0.2, 0) is 6.54 Å². The zero-order valence-corrected chi connectivity index (χ0v) is 12.1. The highest BCUT2D eigenvalue weighted by Gasteiger charge is 2.29. The molecule has 2 heterocycles. The molecular weight excluding hydrogens is 268 g/mol. The fraction of sp³-hybridized carbons (Fsp3) is 0.312. The number of carboxylic acid groups (broad SMARTS) is 1. The molecule has 0 saturated heterocycles. The van der Waals surface area contributed by atoms with Gasteiger partial charge in [-0.25, -0.2) is 4.79 Å². The first-order chi connectivity index (χ1) is 9.94. The molecule has 5 nitrogen and oxygen atoms in total. The first-order valence-corrected chi connectivity index (χ1v) is 6.89. The molecule has 1 aromatic heterocycles. The molecule has 0 amide bonds. The first-order valence-electron chi connectivity index (χ1n) is 6.89. The number of furan rings is 1. The van der Waals surface area contributed by atoms with Crippen LogP contribution in [0.2, 0.25) is 0 Å². The van der Waals surface area contributed by atoms with Crippen molar-refractivity contribution in [3.8, 4) is 0 Å². The third-order valence-electron chi connectivity index (χ3n) is 3.52. The van der Waals surface area contributed by atoms with Gasteiger partial charge in [0.1, 0.15) is 5.76 Å². The normalized spacial score (nSPS) is 16.2. The van der Waals surface area contributed by atoms with Gasteiger partial charge in [0, 0.05) is 12.1 Å². The van der Waals surface area contributed by atoms with Crippen molar-refractivity contribution >= 4 is 17.3 Å². The monoisotopic (exact) mass is 286 g/mol. The second kappa shape index (κ2) is 4.84. The van der Waals surface area contributed by atoms with Gasteiger partial charge in [-0.15, -0.1) is 0 Å². The summed E-state index contributed by atoms with van der Waals surface area (Å²) in [5.41, 5.74) is 2.13. The SMILES string of the molecule is CC1(C)CN(Cc2ccc(C(=O)O)o2)c2ccccc2N1. The van der Waals surface area contributed by atoms with Gasteiger partial charge in [0.05, 0.1) is 17.9 Å². The average Bonchev–Trinajstić information content (AvgIpc) is 2.86. The summed E-state index contributed by atoms with van der Waals surface area (Å²) >= 11 is 0. The number of benzene rings is 1. The van der Waals surface area contributed by atoms with E-state index in [1.807, 2.05) is 18.2 Å². The van der Waals surface area contributed by atoms with Crippen LogP contribution in [0.1, 0.15) is 30.2 Å². The lowest BCUT2D eigenvalue weighted by Gasteiger charge is -2.41. The number of hydrogen-bond acceptors (Lipinski definition) is 4. The van der Waals surface area contributed by atoms with E-state index in [1.165, 1.54) is 6.07 Å². The van der Waals surface area contributed by atoms with Crippen molar-refractivity contribution < 1.29 is 14.3 Å². The number of aromatic carboxylic acids is 1. The van der Waals surface area contributed by atoms with Crippen LogP contribution >= 0.6 is 0 Å². The fourth-order valence-electron chi connectivity index (χ4n) is 2.73. The number of para-hydroxylation sites is 2. The fourth-order valence-corrected chi connectivity index (χ4v) is 2.73. The molecule has 0 fully saturated rings. The Labute approximate surface area is 123 Å². The van der Waals surface area contributed by atoms with E-state index >= 15 is 0 Å². The molecule has 0 bridgehead atoms. The van der Waals surface area contributed by atoms with Gasteiger partial charge in [-0.1, -0.05) is 12.1 Å². The molecule has 21 heavy (non-hydrogen) atoms. The summed E-state index contributed by atoms with van der Waals surface area (Å²) < 4.78 is 5.37. The van der Waals surface area contributed by atoms with Gasteiger partial charge >= 0.3 is 5.97 Å². The number of anilines is 2. The maximum absolute atomic E-state index is 10.9. The molecule has 1 aliphatic rings. The van der Waals surface area contributed by atoms with Gasteiger partial charge in [0.25, 0.3) is 0 Å². The molecule has 0 atom stereocenters. The second-order valence-corrected chi connectivity index (χ2v) is 5.95. The first kappa shape index (κ1) is 13.5. The summed E-state index contributed by atoms with van der Waals surface area (Å²) in [6.45, 7) is 5.64. The molecule has 3 rings (SSSR count). The summed E-state index contributed by atoms with van der Waals surface area (Å²) in [6.07, 6.45) is 0. The maximum atomic E-state index is 10.9. The number of rotatable bonds is 3. The van der Waals surface area contributed by atoms with Gasteiger partial charge < -0.3 is 19.7 Å². The van der Waals surface area contributed by atoms with Crippen LogP contribution in [0.4, 0.5) is 11.4 Å². The number of nitrogens with one attached hydrogen (secondary N) is 1.